The average Bonchev–Trinajstić information content (AvgIpc) is 3.43. The highest BCUT2D eigenvalue weighted by Gasteiger charge is 2.29. The van der Waals surface area contributed by atoms with E-state index in [1.165, 1.54) is 23.8 Å². The van der Waals surface area contributed by atoms with Gasteiger partial charge in [0.2, 0.25) is 5.91 Å². The number of hydrogen-bond donors (Lipinski definition) is 2. The Kier molecular flexibility index (Phi) is 5.78. The van der Waals surface area contributed by atoms with Crippen LogP contribution in [0.5, 0.6) is 0 Å². The number of nitrogens with zero attached hydrogens (tertiary/aromatic N) is 3. The third kappa shape index (κ3) is 4.19. The molecule has 2 aliphatic rings. The zero-order chi connectivity index (χ0) is 23.1. The van der Waals surface area contributed by atoms with Crippen molar-refractivity contribution in [3.63, 3.8) is 0 Å². The van der Waals surface area contributed by atoms with Gasteiger partial charge in [0.05, 0.1) is 16.9 Å². The fourth-order valence-corrected chi connectivity index (χ4v) is 5.19. The van der Waals surface area contributed by atoms with Gasteiger partial charge in [0.15, 0.2) is 5.65 Å². The lowest BCUT2D eigenvalue weighted by atomic mass is 9.85. The lowest BCUT2D eigenvalue weighted by Gasteiger charge is -2.28. The number of halogens is 2. The van der Waals surface area contributed by atoms with Crippen LogP contribution in [0, 0.1) is 18.7 Å². The maximum Gasteiger partial charge on any atom is 0.256 e. The molecule has 0 aliphatic heterocycles. The van der Waals surface area contributed by atoms with E-state index in [-0.39, 0.29) is 28.8 Å². The first-order valence-electron chi connectivity index (χ1n) is 11.3. The monoisotopic (exact) mass is 469 g/mol. The van der Waals surface area contributed by atoms with Crippen molar-refractivity contribution in [2.45, 2.75) is 57.9 Å². The Balaban J connectivity index is 1.20. The predicted octanol–water partition coefficient (Wildman–Crippen LogP) is 4.25. The number of aromatic nitrogens is 3. The van der Waals surface area contributed by atoms with Crippen LogP contribution < -0.4 is 10.6 Å². The Morgan fingerprint density at radius 1 is 1.18 bits per heavy atom. The third-order valence-corrected chi connectivity index (χ3v) is 7.08. The zero-order valence-corrected chi connectivity index (χ0v) is 19.1. The first-order valence-corrected chi connectivity index (χ1v) is 11.7. The van der Waals surface area contributed by atoms with Crippen LogP contribution in [0.15, 0.2) is 24.4 Å². The summed E-state index contributed by atoms with van der Waals surface area (Å²) >= 11 is 6.01. The Morgan fingerprint density at radius 2 is 1.97 bits per heavy atom. The summed E-state index contributed by atoms with van der Waals surface area (Å²) in [5.41, 5.74) is 4.87. The predicted molar refractivity (Wildman–Crippen MR) is 123 cm³/mol. The van der Waals surface area contributed by atoms with E-state index < -0.39 is 5.82 Å². The van der Waals surface area contributed by atoms with Gasteiger partial charge in [0.25, 0.3) is 5.91 Å². The van der Waals surface area contributed by atoms with Crippen molar-refractivity contribution in [2.75, 3.05) is 5.32 Å². The SMILES string of the molecule is Cc1nc2c(C(=O)N[C@H]3CC[C@H](C(=O)Nc4ccc(F)cc4Cl)CC3)cnn2c2c1CCC2. The summed E-state index contributed by atoms with van der Waals surface area (Å²) in [6.45, 7) is 1.99. The second-order valence-corrected chi connectivity index (χ2v) is 9.31. The molecule has 0 spiro atoms. The topological polar surface area (TPSA) is 88.4 Å². The molecular weight excluding hydrogens is 445 g/mol. The minimum atomic E-state index is -0.449. The van der Waals surface area contributed by atoms with Crippen molar-refractivity contribution in [3.8, 4) is 0 Å². The van der Waals surface area contributed by atoms with Crippen molar-refractivity contribution in [1.29, 1.82) is 0 Å². The minimum Gasteiger partial charge on any atom is -0.349 e. The summed E-state index contributed by atoms with van der Waals surface area (Å²) < 4.78 is 15.0. The van der Waals surface area contributed by atoms with Gasteiger partial charge in [-0.1, -0.05) is 11.6 Å². The third-order valence-electron chi connectivity index (χ3n) is 6.77. The zero-order valence-electron chi connectivity index (χ0n) is 18.3. The Morgan fingerprint density at radius 3 is 2.73 bits per heavy atom. The van der Waals surface area contributed by atoms with Gasteiger partial charge >= 0.3 is 0 Å². The second-order valence-electron chi connectivity index (χ2n) is 8.91. The fourth-order valence-electron chi connectivity index (χ4n) is 4.97. The summed E-state index contributed by atoms with van der Waals surface area (Å²) in [4.78, 5) is 30.3. The van der Waals surface area contributed by atoms with Gasteiger partial charge in [-0.15, -0.1) is 0 Å². The molecule has 0 atom stereocenters. The first-order chi connectivity index (χ1) is 15.9. The molecule has 5 rings (SSSR count). The van der Waals surface area contributed by atoms with Gasteiger partial charge < -0.3 is 10.6 Å². The van der Waals surface area contributed by atoms with Gasteiger partial charge in [0.1, 0.15) is 11.4 Å². The van der Waals surface area contributed by atoms with Crippen LogP contribution in [-0.2, 0) is 17.6 Å². The Bertz CT molecular complexity index is 1250. The van der Waals surface area contributed by atoms with Gasteiger partial charge in [-0.25, -0.2) is 13.9 Å². The minimum absolute atomic E-state index is 0.0126. The molecule has 1 aromatic carbocycles. The van der Waals surface area contributed by atoms with Crippen LogP contribution in [0.3, 0.4) is 0 Å². The average molecular weight is 470 g/mol. The molecule has 1 fully saturated rings. The van der Waals surface area contributed by atoms with E-state index in [4.69, 9.17) is 11.6 Å². The fraction of sp³-hybridized carbons (Fsp3) is 0.417. The molecule has 2 aliphatic carbocycles. The molecule has 2 N–H and O–H groups in total. The molecule has 2 amide bonds. The van der Waals surface area contributed by atoms with Gasteiger partial charge in [-0.05, 0) is 75.6 Å². The van der Waals surface area contributed by atoms with Gasteiger partial charge in [0, 0.05) is 23.3 Å². The van der Waals surface area contributed by atoms with E-state index in [9.17, 15) is 14.0 Å². The summed E-state index contributed by atoms with van der Waals surface area (Å²) in [6, 6.07) is 3.89. The number of aryl methyl sites for hydroxylation is 2. The number of benzene rings is 1. The summed E-state index contributed by atoms with van der Waals surface area (Å²) in [6.07, 6.45) is 7.33. The summed E-state index contributed by atoms with van der Waals surface area (Å²) in [7, 11) is 0. The molecule has 0 unspecified atom stereocenters. The molecule has 33 heavy (non-hydrogen) atoms. The Labute approximate surface area is 195 Å². The molecule has 2 heterocycles. The van der Waals surface area contributed by atoms with Crippen LogP contribution in [0.4, 0.5) is 10.1 Å². The number of carbonyl (C=O) groups excluding carboxylic acids is 2. The smallest absolute Gasteiger partial charge is 0.256 e. The number of hydrogen-bond acceptors (Lipinski definition) is 4. The highest BCUT2D eigenvalue weighted by molar-refractivity contribution is 6.33. The molecule has 7 nitrogen and oxygen atoms in total. The highest BCUT2D eigenvalue weighted by atomic mass is 35.5. The van der Waals surface area contributed by atoms with Crippen molar-refractivity contribution in [3.05, 3.63) is 57.8 Å². The lowest BCUT2D eigenvalue weighted by molar-refractivity contribution is -0.120. The number of amides is 2. The van der Waals surface area contributed by atoms with Crippen LogP contribution in [0.2, 0.25) is 5.02 Å². The maximum absolute atomic E-state index is 13.2. The quantitative estimate of drug-likeness (QED) is 0.598. The van der Waals surface area contributed by atoms with E-state index in [0.717, 1.165) is 30.7 Å². The van der Waals surface area contributed by atoms with E-state index >= 15 is 0 Å². The molecule has 1 saturated carbocycles. The molecular formula is C24H25ClFN5O2. The van der Waals surface area contributed by atoms with Crippen LogP contribution >= 0.6 is 11.6 Å². The maximum atomic E-state index is 13.2. The highest BCUT2D eigenvalue weighted by Crippen LogP contribution is 2.29. The number of fused-ring (bicyclic) bond motifs is 3. The van der Waals surface area contributed by atoms with E-state index in [0.29, 0.717) is 42.6 Å². The molecule has 2 aromatic heterocycles. The molecule has 172 valence electrons. The lowest BCUT2D eigenvalue weighted by Crippen LogP contribution is -2.39. The van der Waals surface area contributed by atoms with Crippen LogP contribution in [0.25, 0.3) is 5.65 Å². The number of nitrogens with one attached hydrogen (secondary N) is 2. The van der Waals surface area contributed by atoms with Gasteiger partial charge in [-0.3, -0.25) is 9.59 Å². The Hall–Kier alpha value is -3.00. The summed E-state index contributed by atoms with van der Waals surface area (Å²) in [5.74, 6) is -0.941. The van der Waals surface area contributed by atoms with Crippen LogP contribution in [-0.4, -0.2) is 32.5 Å². The second kappa shape index (κ2) is 8.74. The molecule has 0 radical (unpaired) electrons. The van der Waals surface area contributed by atoms with E-state index in [1.807, 2.05) is 11.4 Å². The van der Waals surface area contributed by atoms with Gasteiger partial charge in [-0.2, -0.15) is 5.10 Å². The molecule has 3 aromatic rings. The van der Waals surface area contributed by atoms with E-state index in [1.54, 1.807) is 6.20 Å². The van der Waals surface area contributed by atoms with Crippen molar-refractivity contribution in [2.24, 2.45) is 5.92 Å². The van der Waals surface area contributed by atoms with Crippen molar-refractivity contribution >= 4 is 34.7 Å². The normalized spacial score (nSPS) is 20.0. The standard InChI is InChI=1S/C24H25ClFN5O2/c1-13-17-3-2-4-21(17)31-22(28-13)18(12-27-31)24(33)29-16-8-5-14(6-9-16)23(32)30-20-10-7-15(26)11-19(20)25/h7,10-12,14,16H,2-6,8-9H2,1H3,(H,29,33)(H,30,32)/t14-,16-. The van der Waals surface area contributed by atoms with Crippen molar-refractivity contribution < 1.29 is 14.0 Å². The number of anilines is 1. The molecule has 0 saturated heterocycles. The molecule has 0 bridgehead atoms. The van der Waals surface area contributed by atoms with Crippen molar-refractivity contribution in [1.82, 2.24) is 19.9 Å². The number of rotatable bonds is 4. The molecule has 9 heteroatoms. The first kappa shape index (κ1) is 21.8. The van der Waals surface area contributed by atoms with E-state index in [2.05, 4.69) is 20.7 Å². The van der Waals surface area contributed by atoms with Crippen LogP contribution in [0.1, 0.15) is 59.4 Å². The largest absolute Gasteiger partial charge is 0.349 e. The summed E-state index contributed by atoms with van der Waals surface area (Å²) in [5, 5.41) is 10.5. The number of carbonyl (C=O) groups is 2.